The van der Waals surface area contributed by atoms with Gasteiger partial charge in [0.05, 0.1) is 19.1 Å². The second-order valence-corrected chi connectivity index (χ2v) is 3.25. The van der Waals surface area contributed by atoms with Crippen molar-refractivity contribution in [2.24, 2.45) is 0 Å². The van der Waals surface area contributed by atoms with Gasteiger partial charge in [-0.1, -0.05) is 19.3 Å². The molecule has 0 heterocycles. The molecule has 0 aliphatic carbocycles. The van der Waals surface area contributed by atoms with Crippen LogP contribution in [0.1, 0.15) is 26.2 Å². The molecule has 2 N–H and O–H groups in total. The predicted octanol–water partition coefficient (Wildman–Crippen LogP) is 0.303. The molecular formula is C11H19NO3. The van der Waals surface area contributed by atoms with Crippen molar-refractivity contribution in [3.63, 3.8) is 0 Å². The summed E-state index contributed by atoms with van der Waals surface area (Å²) in [6.45, 7) is 2.84. The number of nitrogens with one attached hydrogen (secondary N) is 1. The first-order valence-corrected chi connectivity index (χ1v) is 5.16. The van der Waals surface area contributed by atoms with Crippen LogP contribution in [-0.4, -0.2) is 36.9 Å². The van der Waals surface area contributed by atoms with E-state index in [2.05, 4.69) is 11.2 Å². The molecule has 0 bridgehead atoms. The quantitative estimate of drug-likeness (QED) is 0.450. The Morgan fingerprint density at radius 1 is 1.67 bits per heavy atom. The molecule has 1 amide bonds. The van der Waals surface area contributed by atoms with E-state index in [1.54, 1.807) is 0 Å². The van der Waals surface area contributed by atoms with Gasteiger partial charge < -0.3 is 15.2 Å². The van der Waals surface area contributed by atoms with Crippen LogP contribution >= 0.6 is 0 Å². The van der Waals surface area contributed by atoms with E-state index >= 15 is 0 Å². The highest BCUT2D eigenvalue weighted by atomic mass is 16.5. The number of hydrogen-bond donors (Lipinski definition) is 2. The van der Waals surface area contributed by atoms with Gasteiger partial charge in [-0.05, 0) is 6.42 Å². The number of carbonyl (C=O) groups excluding carboxylic acids is 1. The molecule has 0 aliphatic rings. The van der Waals surface area contributed by atoms with Crippen molar-refractivity contribution in [1.82, 2.24) is 5.32 Å². The Balaban J connectivity index is 3.37. The fourth-order valence-electron chi connectivity index (χ4n) is 1.05. The summed E-state index contributed by atoms with van der Waals surface area (Å²) in [7, 11) is 0. The van der Waals surface area contributed by atoms with Crippen LogP contribution < -0.4 is 5.32 Å². The van der Waals surface area contributed by atoms with Gasteiger partial charge in [-0.25, -0.2) is 0 Å². The Hall–Kier alpha value is -1.05. The molecule has 4 nitrogen and oxygen atoms in total. The maximum absolute atomic E-state index is 11.2. The van der Waals surface area contributed by atoms with Crippen LogP contribution in [0.25, 0.3) is 0 Å². The normalized spacial score (nSPS) is 11.8. The molecule has 0 spiro atoms. The number of ether oxygens (including phenoxy) is 1. The van der Waals surface area contributed by atoms with E-state index in [0.717, 1.165) is 6.42 Å². The second-order valence-electron chi connectivity index (χ2n) is 3.25. The van der Waals surface area contributed by atoms with Gasteiger partial charge in [0.1, 0.15) is 6.61 Å². The van der Waals surface area contributed by atoms with E-state index in [4.69, 9.17) is 11.2 Å². The van der Waals surface area contributed by atoms with Gasteiger partial charge in [-0.2, -0.15) is 0 Å². The largest absolute Gasteiger partial charge is 0.391 e. The molecule has 0 radical (unpaired) electrons. The first-order valence-electron chi connectivity index (χ1n) is 5.16. The third-order valence-electron chi connectivity index (χ3n) is 1.82. The summed E-state index contributed by atoms with van der Waals surface area (Å²) < 4.78 is 4.95. The molecule has 0 fully saturated rings. The Morgan fingerprint density at radius 3 is 3.00 bits per heavy atom. The van der Waals surface area contributed by atoms with Crippen LogP contribution in [0.3, 0.4) is 0 Å². The first-order chi connectivity index (χ1) is 7.20. The van der Waals surface area contributed by atoms with Gasteiger partial charge in [-0.15, -0.1) is 6.42 Å². The molecule has 0 rings (SSSR count). The highest BCUT2D eigenvalue weighted by Gasteiger charge is 2.05. The SMILES string of the molecule is C#CCOCCC(=O)NCC(O)CCC. The average molecular weight is 213 g/mol. The molecule has 0 aromatic carbocycles. The number of hydrogen-bond acceptors (Lipinski definition) is 3. The number of amides is 1. The van der Waals surface area contributed by atoms with E-state index in [9.17, 15) is 9.90 Å². The van der Waals surface area contributed by atoms with E-state index in [1.807, 2.05) is 6.92 Å². The summed E-state index contributed by atoms with van der Waals surface area (Å²) in [5.74, 6) is 2.19. The van der Waals surface area contributed by atoms with Crippen LogP contribution in [0, 0.1) is 12.3 Å². The van der Waals surface area contributed by atoms with Crippen molar-refractivity contribution in [2.45, 2.75) is 32.3 Å². The van der Waals surface area contributed by atoms with E-state index in [1.165, 1.54) is 0 Å². The molecule has 86 valence electrons. The lowest BCUT2D eigenvalue weighted by atomic mass is 10.2. The number of terminal acetylenes is 1. The summed E-state index contributed by atoms with van der Waals surface area (Å²) in [4.78, 5) is 11.2. The van der Waals surface area contributed by atoms with E-state index in [0.29, 0.717) is 19.6 Å². The molecule has 1 unspecified atom stereocenters. The minimum absolute atomic E-state index is 0.123. The molecule has 0 aromatic heterocycles. The third-order valence-corrected chi connectivity index (χ3v) is 1.82. The molecule has 0 aliphatic heterocycles. The van der Waals surface area contributed by atoms with Crippen LogP contribution in [0.15, 0.2) is 0 Å². The highest BCUT2D eigenvalue weighted by molar-refractivity contribution is 5.75. The van der Waals surface area contributed by atoms with Gasteiger partial charge in [0.2, 0.25) is 5.91 Å². The number of aliphatic hydroxyl groups excluding tert-OH is 1. The Morgan fingerprint density at radius 2 is 2.40 bits per heavy atom. The minimum atomic E-state index is -0.453. The third kappa shape index (κ3) is 9.26. The summed E-state index contributed by atoms with van der Waals surface area (Å²) >= 11 is 0. The van der Waals surface area contributed by atoms with Crippen molar-refractivity contribution in [1.29, 1.82) is 0 Å². The lowest BCUT2D eigenvalue weighted by Gasteiger charge is -2.10. The summed E-state index contributed by atoms with van der Waals surface area (Å²) in [6, 6.07) is 0. The average Bonchev–Trinajstić information content (AvgIpc) is 2.22. The lowest BCUT2D eigenvalue weighted by Crippen LogP contribution is -2.32. The molecule has 0 aromatic rings. The van der Waals surface area contributed by atoms with Crippen molar-refractivity contribution in [2.75, 3.05) is 19.8 Å². The number of rotatable bonds is 8. The Labute approximate surface area is 91.0 Å². The minimum Gasteiger partial charge on any atom is -0.391 e. The topological polar surface area (TPSA) is 58.6 Å². The summed E-state index contributed by atoms with van der Waals surface area (Å²) in [6.07, 6.45) is 6.40. The highest BCUT2D eigenvalue weighted by Crippen LogP contribution is 1.94. The number of carbonyl (C=O) groups is 1. The Bertz CT molecular complexity index is 210. The smallest absolute Gasteiger partial charge is 0.222 e. The lowest BCUT2D eigenvalue weighted by molar-refractivity contribution is -0.122. The molecule has 1 atom stereocenters. The van der Waals surface area contributed by atoms with E-state index in [-0.39, 0.29) is 18.9 Å². The maximum atomic E-state index is 11.2. The van der Waals surface area contributed by atoms with Crippen molar-refractivity contribution in [3.8, 4) is 12.3 Å². The van der Waals surface area contributed by atoms with Crippen molar-refractivity contribution >= 4 is 5.91 Å². The van der Waals surface area contributed by atoms with Gasteiger partial charge >= 0.3 is 0 Å². The molecule has 0 saturated carbocycles. The van der Waals surface area contributed by atoms with Crippen LogP contribution in [0.5, 0.6) is 0 Å². The van der Waals surface area contributed by atoms with Gasteiger partial charge in [-0.3, -0.25) is 4.79 Å². The fourth-order valence-corrected chi connectivity index (χ4v) is 1.05. The maximum Gasteiger partial charge on any atom is 0.222 e. The van der Waals surface area contributed by atoms with Crippen LogP contribution in [0.2, 0.25) is 0 Å². The van der Waals surface area contributed by atoms with E-state index < -0.39 is 6.10 Å². The molecule has 4 heteroatoms. The summed E-state index contributed by atoms with van der Waals surface area (Å²) in [5.41, 5.74) is 0. The standard InChI is InChI=1S/C11H19NO3/c1-3-5-10(13)9-12-11(14)6-8-15-7-4-2/h2,10,13H,3,5-9H2,1H3,(H,12,14). The zero-order valence-electron chi connectivity index (χ0n) is 9.16. The Kier molecular flexibility index (Phi) is 8.84. The predicted molar refractivity (Wildman–Crippen MR) is 58.2 cm³/mol. The number of aliphatic hydroxyl groups is 1. The first kappa shape index (κ1) is 13.9. The van der Waals surface area contributed by atoms with Crippen LogP contribution in [-0.2, 0) is 9.53 Å². The van der Waals surface area contributed by atoms with Gasteiger partial charge in [0.25, 0.3) is 0 Å². The monoisotopic (exact) mass is 213 g/mol. The summed E-state index contributed by atoms with van der Waals surface area (Å²) in [5, 5.41) is 12.0. The molecule has 15 heavy (non-hydrogen) atoms. The fraction of sp³-hybridized carbons (Fsp3) is 0.727. The van der Waals surface area contributed by atoms with Gasteiger partial charge in [0.15, 0.2) is 0 Å². The van der Waals surface area contributed by atoms with Crippen molar-refractivity contribution < 1.29 is 14.6 Å². The van der Waals surface area contributed by atoms with Crippen LogP contribution in [0.4, 0.5) is 0 Å². The van der Waals surface area contributed by atoms with Gasteiger partial charge in [0, 0.05) is 6.54 Å². The molecular weight excluding hydrogens is 194 g/mol. The second kappa shape index (κ2) is 9.50. The molecule has 0 saturated heterocycles. The zero-order chi connectivity index (χ0) is 11.5. The zero-order valence-corrected chi connectivity index (χ0v) is 9.16. The van der Waals surface area contributed by atoms with Crippen molar-refractivity contribution in [3.05, 3.63) is 0 Å².